The molecule has 0 amide bonds. The number of nitrogens with zero attached hydrogens (tertiary/aromatic N) is 1. The van der Waals surface area contributed by atoms with Crippen LogP contribution >= 0.6 is 0 Å². The molecule has 0 aromatic heterocycles. The van der Waals surface area contributed by atoms with Crippen LogP contribution in [0.3, 0.4) is 0 Å². The number of carbonyl (C=O) groups excluding carboxylic acids is 2. The van der Waals surface area contributed by atoms with E-state index in [2.05, 4.69) is 9.62 Å². The van der Waals surface area contributed by atoms with E-state index in [0.29, 0.717) is 48.4 Å². The topological polar surface area (TPSA) is 110 Å². The standard InChI is InChI=1S/C21H25N3O4S/c1-29(27,28)23-19-8-4-15(5-9-19)20(25)14-24-12-10-17(11-13-24)21(26)16-2-6-18(22)7-3-16/h2-9,17,23H,10-14,22H2,1H3. The fourth-order valence-corrected chi connectivity index (χ4v) is 4.03. The van der Waals surface area contributed by atoms with Gasteiger partial charge in [-0.2, -0.15) is 0 Å². The van der Waals surface area contributed by atoms with Crippen LogP contribution < -0.4 is 10.5 Å². The van der Waals surface area contributed by atoms with E-state index in [1.807, 2.05) is 0 Å². The molecule has 0 spiro atoms. The Kier molecular flexibility index (Phi) is 6.34. The van der Waals surface area contributed by atoms with Gasteiger partial charge in [0.2, 0.25) is 10.0 Å². The van der Waals surface area contributed by atoms with Gasteiger partial charge in [-0.15, -0.1) is 0 Å². The quantitative estimate of drug-likeness (QED) is 0.531. The average Bonchev–Trinajstić information content (AvgIpc) is 2.68. The Morgan fingerprint density at radius 3 is 2.10 bits per heavy atom. The number of nitrogen functional groups attached to an aromatic ring is 1. The van der Waals surface area contributed by atoms with Gasteiger partial charge in [-0.05, 0) is 74.5 Å². The smallest absolute Gasteiger partial charge is 0.229 e. The summed E-state index contributed by atoms with van der Waals surface area (Å²) in [6.45, 7) is 1.65. The second-order valence-corrected chi connectivity index (χ2v) is 9.16. The zero-order valence-electron chi connectivity index (χ0n) is 16.3. The Hall–Kier alpha value is -2.71. The van der Waals surface area contributed by atoms with E-state index in [1.165, 1.54) is 0 Å². The summed E-state index contributed by atoms with van der Waals surface area (Å²) in [5.41, 5.74) is 7.94. The third-order valence-corrected chi connectivity index (χ3v) is 5.64. The SMILES string of the molecule is CS(=O)(=O)Nc1ccc(C(=O)CN2CCC(C(=O)c3ccc(N)cc3)CC2)cc1. The van der Waals surface area contributed by atoms with Gasteiger partial charge in [0.15, 0.2) is 11.6 Å². The summed E-state index contributed by atoms with van der Waals surface area (Å²) < 4.78 is 24.9. The molecule has 1 fully saturated rings. The van der Waals surface area contributed by atoms with Crippen molar-refractivity contribution in [2.45, 2.75) is 12.8 Å². The molecule has 2 aromatic carbocycles. The minimum absolute atomic E-state index is 0.0285. The van der Waals surface area contributed by atoms with Gasteiger partial charge >= 0.3 is 0 Å². The highest BCUT2D eigenvalue weighted by molar-refractivity contribution is 7.92. The molecule has 1 heterocycles. The van der Waals surface area contributed by atoms with E-state index < -0.39 is 10.0 Å². The first-order valence-corrected chi connectivity index (χ1v) is 11.3. The van der Waals surface area contributed by atoms with Gasteiger partial charge in [0.25, 0.3) is 0 Å². The normalized spacial score (nSPS) is 15.8. The number of sulfonamides is 1. The summed E-state index contributed by atoms with van der Waals surface area (Å²) in [6.07, 6.45) is 2.51. The molecule has 3 rings (SSSR count). The lowest BCUT2D eigenvalue weighted by molar-refractivity contribution is 0.0805. The molecule has 2 aromatic rings. The number of carbonyl (C=O) groups is 2. The molecule has 29 heavy (non-hydrogen) atoms. The fourth-order valence-electron chi connectivity index (χ4n) is 3.47. The second-order valence-electron chi connectivity index (χ2n) is 7.41. The number of piperidine rings is 1. The van der Waals surface area contributed by atoms with Gasteiger partial charge in [0.1, 0.15) is 0 Å². The number of nitrogens with one attached hydrogen (secondary N) is 1. The van der Waals surface area contributed by atoms with Gasteiger partial charge in [-0.3, -0.25) is 19.2 Å². The average molecular weight is 416 g/mol. The first-order chi connectivity index (χ1) is 13.7. The summed E-state index contributed by atoms with van der Waals surface area (Å²) in [5.74, 6) is 0.0653. The first kappa shape index (κ1) is 21.0. The Morgan fingerprint density at radius 1 is 1.00 bits per heavy atom. The van der Waals surface area contributed by atoms with Crippen molar-refractivity contribution in [2.24, 2.45) is 5.92 Å². The molecule has 0 bridgehead atoms. The van der Waals surface area contributed by atoms with Gasteiger partial charge in [-0.1, -0.05) is 0 Å². The van der Waals surface area contributed by atoms with Crippen LogP contribution in [0.25, 0.3) is 0 Å². The highest BCUT2D eigenvalue weighted by atomic mass is 32.2. The number of hydrogen-bond acceptors (Lipinski definition) is 6. The number of anilines is 2. The molecular formula is C21H25N3O4S. The van der Waals surface area contributed by atoms with E-state index in [-0.39, 0.29) is 24.0 Å². The predicted octanol–water partition coefficient (Wildman–Crippen LogP) is 2.42. The molecule has 7 nitrogen and oxygen atoms in total. The summed E-state index contributed by atoms with van der Waals surface area (Å²) in [7, 11) is -3.34. The summed E-state index contributed by atoms with van der Waals surface area (Å²) in [6, 6.07) is 13.4. The number of hydrogen-bond donors (Lipinski definition) is 2. The Bertz CT molecular complexity index is 978. The van der Waals surface area contributed by atoms with Gasteiger partial charge in [0, 0.05) is 28.4 Å². The van der Waals surface area contributed by atoms with Crippen molar-refractivity contribution in [3.05, 3.63) is 59.7 Å². The largest absolute Gasteiger partial charge is 0.399 e. The van der Waals surface area contributed by atoms with Crippen LogP contribution in [0.5, 0.6) is 0 Å². The van der Waals surface area contributed by atoms with Crippen molar-refractivity contribution in [1.82, 2.24) is 4.90 Å². The molecule has 1 aliphatic rings. The van der Waals surface area contributed by atoms with Crippen LogP contribution in [-0.4, -0.2) is 50.8 Å². The minimum atomic E-state index is -3.34. The minimum Gasteiger partial charge on any atom is -0.399 e. The van der Waals surface area contributed by atoms with Crippen molar-refractivity contribution in [3.8, 4) is 0 Å². The molecular weight excluding hydrogens is 390 g/mol. The Morgan fingerprint density at radius 2 is 1.55 bits per heavy atom. The Balaban J connectivity index is 1.51. The van der Waals surface area contributed by atoms with Crippen LogP contribution in [0.1, 0.15) is 33.6 Å². The zero-order valence-corrected chi connectivity index (χ0v) is 17.1. The highest BCUT2D eigenvalue weighted by Crippen LogP contribution is 2.23. The molecule has 8 heteroatoms. The van der Waals surface area contributed by atoms with E-state index in [4.69, 9.17) is 5.73 Å². The maximum atomic E-state index is 12.6. The van der Waals surface area contributed by atoms with Crippen molar-refractivity contribution in [3.63, 3.8) is 0 Å². The molecule has 1 aliphatic heterocycles. The molecule has 0 aliphatic carbocycles. The molecule has 3 N–H and O–H groups in total. The lowest BCUT2D eigenvalue weighted by Crippen LogP contribution is -2.39. The van der Waals surface area contributed by atoms with Crippen molar-refractivity contribution < 1.29 is 18.0 Å². The van der Waals surface area contributed by atoms with Crippen molar-refractivity contribution >= 4 is 33.0 Å². The number of nitrogens with two attached hydrogens (primary N) is 1. The summed E-state index contributed by atoms with van der Waals surface area (Å²) >= 11 is 0. The van der Waals surface area contributed by atoms with Crippen LogP contribution in [0.4, 0.5) is 11.4 Å². The maximum Gasteiger partial charge on any atom is 0.229 e. The lowest BCUT2D eigenvalue weighted by atomic mass is 9.88. The monoisotopic (exact) mass is 415 g/mol. The zero-order chi connectivity index (χ0) is 21.0. The lowest BCUT2D eigenvalue weighted by Gasteiger charge is -2.30. The predicted molar refractivity (Wildman–Crippen MR) is 114 cm³/mol. The molecule has 1 saturated heterocycles. The third kappa shape index (κ3) is 5.88. The number of rotatable bonds is 7. The summed E-state index contributed by atoms with van der Waals surface area (Å²) in [4.78, 5) is 27.2. The van der Waals surface area contributed by atoms with Crippen LogP contribution in [-0.2, 0) is 10.0 Å². The van der Waals surface area contributed by atoms with Gasteiger partial charge in [0.05, 0.1) is 12.8 Å². The highest BCUT2D eigenvalue weighted by Gasteiger charge is 2.26. The molecule has 0 atom stereocenters. The molecule has 0 saturated carbocycles. The van der Waals surface area contributed by atoms with E-state index in [1.54, 1.807) is 48.5 Å². The number of Topliss-reactive ketones (excluding diaryl/α,β-unsaturated/α-hetero) is 2. The van der Waals surface area contributed by atoms with E-state index in [0.717, 1.165) is 6.26 Å². The molecule has 154 valence electrons. The van der Waals surface area contributed by atoms with Crippen LogP contribution in [0.2, 0.25) is 0 Å². The molecule has 0 unspecified atom stereocenters. The van der Waals surface area contributed by atoms with E-state index >= 15 is 0 Å². The molecule has 0 radical (unpaired) electrons. The van der Waals surface area contributed by atoms with Crippen molar-refractivity contribution in [2.75, 3.05) is 36.3 Å². The number of likely N-dealkylation sites (tertiary alicyclic amines) is 1. The van der Waals surface area contributed by atoms with Crippen LogP contribution in [0, 0.1) is 5.92 Å². The number of ketones is 2. The fraction of sp³-hybridized carbons (Fsp3) is 0.333. The number of benzene rings is 2. The first-order valence-electron chi connectivity index (χ1n) is 9.44. The van der Waals surface area contributed by atoms with Crippen molar-refractivity contribution in [1.29, 1.82) is 0 Å². The van der Waals surface area contributed by atoms with E-state index in [9.17, 15) is 18.0 Å². The Labute approximate surface area is 171 Å². The van der Waals surface area contributed by atoms with Crippen LogP contribution in [0.15, 0.2) is 48.5 Å². The second kappa shape index (κ2) is 8.75. The van der Waals surface area contributed by atoms with Gasteiger partial charge < -0.3 is 5.73 Å². The third-order valence-electron chi connectivity index (χ3n) is 5.03. The van der Waals surface area contributed by atoms with Gasteiger partial charge in [-0.25, -0.2) is 8.42 Å². The summed E-state index contributed by atoms with van der Waals surface area (Å²) in [5, 5.41) is 0. The maximum absolute atomic E-state index is 12.6.